The highest BCUT2D eigenvalue weighted by Crippen LogP contribution is 2.34. The Balaban J connectivity index is 1.34. The summed E-state index contributed by atoms with van der Waals surface area (Å²) in [6.45, 7) is 15.2. The summed E-state index contributed by atoms with van der Waals surface area (Å²) in [5.74, 6) is 0.564. The van der Waals surface area contributed by atoms with Crippen LogP contribution in [-0.4, -0.2) is 95.9 Å². The van der Waals surface area contributed by atoms with Crippen molar-refractivity contribution in [3.63, 3.8) is 0 Å². The summed E-state index contributed by atoms with van der Waals surface area (Å²) in [4.78, 5) is 36.2. The van der Waals surface area contributed by atoms with Crippen molar-refractivity contribution >= 4 is 11.8 Å². The van der Waals surface area contributed by atoms with Gasteiger partial charge in [-0.05, 0) is 49.8 Å². The van der Waals surface area contributed by atoms with Crippen LogP contribution in [0.3, 0.4) is 0 Å². The number of rotatable bonds is 9. The van der Waals surface area contributed by atoms with Crippen LogP contribution >= 0.6 is 0 Å². The zero-order valence-electron chi connectivity index (χ0n) is 23.0. The zero-order chi connectivity index (χ0) is 25.7. The predicted molar refractivity (Wildman–Crippen MR) is 144 cm³/mol. The number of hydrogen-bond donors (Lipinski definition) is 1. The van der Waals surface area contributed by atoms with E-state index in [4.69, 9.17) is 0 Å². The van der Waals surface area contributed by atoms with Crippen LogP contribution in [0.2, 0.25) is 0 Å². The largest absolute Gasteiger partial charge is 0.342 e. The molecule has 200 valence electrons. The molecule has 4 rings (SSSR count). The van der Waals surface area contributed by atoms with Crippen LogP contribution in [0.1, 0.15) is 64.0 Å². The number of carbonyl (C=O) groups is 2. The Morgan fingerprint density at radius 2 is 1.47 bits per heavy atom. The lowest BCUT2D eigenvalue weighted by Crippen LogP contribution is -2.73. The van der Waals surface area contributed by atoms with Gasteiger partial charge in [0, 0.05) is 58.9 Å². The van der Waals surface area contributed by atoms with Gasteiger partial charge in [-0.25, -0.2) is 0 Å². The van der Waals surface area contributed by atoms with Gasteiger partial charge in [0.2, 0.25) is 11.8 Å². The highest BCUT2D eigenvalue weighted by molar-refractivity contribution is 6.00. The number of carbonyl (C=O) groups excluding carboxylic acids is 2. The number of unbranched alkanes of at least 4 members (excludes halogenated alkanes) is 1. The van der Waals surface area contributed by atoms with E-state index in [0.717, 1.165) is 65.2 Å². The third-order valence-electron chi connectivity index (χ3n) is 8.37. The second-order valence-corrected chi connectivity index (χ2v) is 11.7. The first-order valence-corrected chi connectivity index (χ1v) is 14.1. The molecular weight excluding hydrogens is 450 g/mol. The minimum atomic E-state index is -0.678. The first-order valence-electron chi connectivity index (χ1n) is 14.1. The molecule has 0 saturated carbocycles. The van der Waals surface area contributed by atoms with Gasteiger partial charge in [0.25, 0.3) is 0 Å². The Morgan fingerprint density at radius 1 is 0.917 bits per heavy atom. The maximum absolute atomic E-state index is 13.4. The highest BCUT2D eigenvalue weighted by Gasteiger charge is 2.53. The molecule has 2 amide bonds. The van der Waals surface area contributed by atoms with E-state index in [0.29, 0.717) is 31.7 Å². The van der Waals surface area contributed by atoms with Crippen molar-refractivity contribution in [2.75, 3.05) is 52.9 Å². The van der Waals surface area contributed by atoms with Crippen LogP contribution < -0.4 is 5.32 Å². The molecule has 1 aromatic carbocycles. The average molecular weight is 498 g/mol. The van der Waals surface area contributed by atoms with E-state index in [1.165, 1.54) is 11.1 Å². The summed E-state index contributed by atoms with van der Waals surface area (Å²) >= 11 is 0. The molecule has 0 aliphatic carbocycles. The summed E-state index contributed by atoms with van der Waals surface area (Å²) in [6, 6.07) is 8.69. The molecular formula is C29H47N5O2. The Hall–Kier alpha value is -1.96. The molecule has 7 heteroatoms. The van der Waals surface area contributed by atoms with Gasteiger partial charge < -0.3 is 15.1 Å². The molecule has 7 nitrogen and oxygen atoms in total. The predicted octanol–water partition coefficient (Wildman–Crippen LogP) is 2.94. The summed E-state index contributed by atoms with van der Waals surface area (Å²) in [5.41, 5.74) is 2.01. The van der Waals surface area contributed by atoms with E-state index >= 15 is 0 Å². The Kier molecular flexibility index (Phi) is 9.07. The molecule has 3 aliphatic rings. The monoisotopic (exact) mass is 497 g/mol. The number of nitrogens with zero attached hydrogens (tertiary/aromatic N) is 4. The number of piperazine rings is 2. The molecule has 36 heavy (non-hydrogen) atoms. The Bertz CT molecular complexity index is 870. The Labute approximate surface area is 218 Å². The number of nitrogens with one attached hydrogen (secondary N) is 1. The lowest BCUT2D eigenvalue weighted by Gasteiger charge is -2.52. The summed E-state index contributed by atoms with van der Waals surface area (Å²) in [6.07, 6.45) is 4.10. The van der Waals surface area contributed by atoms with Crippen molar-refractivity contribution < 1.29 is 9.59 Å². The van der Waals surface area contributed by atoms with Gasteiger partial charge >= 0.3 is 0 Å². The second kappa shape index (κ2) is 12.1. The smallest absolute Gasteiger partial charge is 0.246 e. The van der Waals surface area contributed by atoms with Crippen LogP contribution in [0.5, 0.6) is 0 Å². The van der Waals surface area contributed by atoms with Gasteiger partial charge in [0.05, 0.1) is 0 Å². The molecule has 1 aromatic rings. The van der Waals surface area contributed by atoms with E-state index in [2.05, 4.69) is 72.1 Å². The van der Waals surface area contributed by atoms with Gasteiger partial charge in [0.15, 0.2) is 0 Å². The quantitative estimate of drug-likeness (QED) is 0.569. The van der Waals surface area contributed by atoms with Gasteiger partial charge in [-0.3, -0.25) is 19.4 Å². The van der Waals surface area contributed by atoms with Crippen LogP contribution in [0.25, 0.3) is 0 Å². The van der Waals surface area contributed by atoms with Crippen molar-refractivity contribution in [2.45, 2.75) is 77.5 Å². The van der Waals surface area contributed by atoms with E-state index in [9.17, 15) is 9.59 Å². The lowest BCUT2D eigenvalue weighted by molar-refractivity contribution is -0.161. The molecule has 0 bridgehead atoms. The van der Waals surface area contributed by atoms with Crippen LogP contribution in [0.4, 0.5) is 0 Å². The lowest BCUT2D eigenvalue weighted by atomic mass is 9.80. The van der Waals surface area contributed by atoms with Crippen molar-refractivity contribution in [3.05, 3.63) is 35.4 Å². The molecule has 1 atom stereocenters. The van der Waals surface area contributed by atoms with Crippen LogP contribution in [0.15, 0.2) is 24.3 Å². The van der Waals surface area contributed by atoms with Crippen molar-refractivity contribution in [3.8, 4) is 0 Å². The number of amides is 2. The normalized spacial score (nSPS) is 24.0. The van der Waals surface area contributed by atoms with Crippen molar-refractivity contribution in [1.29, 1.82) is 0 Å². The van der Waals surface area contributed by atoms with Crippen molar-refractivity contribution in [1.82, 2.24) is 24.9 Å². The third kappa shape index (κ3) is 6.29. The van der Waals surface area contributed by atoms with Gasteiger partial charge in [0.1, 0.15) is 11.6 Å². The van der Waals surface area contributed by atoms with Crippen LogP contribution in [-0.2, 0) is 22.7 Å². The molecule has 3 heterocycles. The average Bonchev–Trinajstić information content (AvgIpc) is 2.86. The first kappa shape index (κ1) is 27.1. The SMILES string of the molecule is CCCCN1C(=O)[C@H](CC(C)C)NC(=O)C12CCN(Cc1ccc(CN3CCN(C)CC3)cc1)CC2. The maximum atomic E-state index is 13.4. The van der Waals surface area contributed by atoms with E-state index < -0.39 is 5.54 Å². The van der Waals surface area contributed by atoms with Gasteiger partial charge in [-0.2, -0.15) is 0 Å². The fourth-order valence-electron chi connectivity index (χ4n) is 6.00. The molecule has 3 saturated heterocycles. The maximum Gasteiger partial charge on any atom is 0.246 e. The van der Waals surface area contributed by atoms with E-state index in [1.807, 2.05) is 4.90 Å². The molecule has 0 unspecified atom stereocenters. The molecule has 3 fully saturated rings. The standard InChI is InChI=1S/C29H47N5O2/c1-5-6-13-34-27(35)26(20-23(2)3)30-28(36)29(34)11-14-32(15-12-29)21-24-7-9-25(10-8-24)22-33-18-16-31(4)17-19-33/h7-10,23,26H,5-6,11-22H2,1-4H3,(H,30,36)/t26-/m0/s1. The highest BCUT2D eigenvalue weighted by atomic mass is 16.2. The topological polar surface area (TPSA) is 59.1 Å². The van der Waals surface area contributed by atoms with E-state index in [-0.39, 0.29) is 17.9 Å². The summed E-state index contributed by atoms with van der Waals surface area (Å²) in [7, 11) is 2.19. The number of likely N-dealkylation sites (tertiary alicyclic amines) is 1. The van der Waals surface area contributed by atoms with Gasteiger partial charge in [-0.1, -0.05) is 51.5 Å². The third-order valence-corrected chi connectivity index (χ3v) is 8.37. The minimum absolute atomic E-state index is 0.0664. The van der Waals surface area contributed by atoms with Gasteiger partial charge in [-0.15, -0.1) is 0 Å². The number of benzene rings is 1. The second-order valence-electron chi connectivity index (χ2n) is 11.7. The number of likely N-dealkylation sites (N-methyl/N-ethyl adjacent to an activating group) is 1. The minimum Gasteiger partial charge on any atom is -0.342 e. The first-order chi connectivity index (χ1) is 17.3. The summed E-state index contributed by atoms with van der Waals surface area (Å²) < 4.78 is 0. The van der Waals surface area contributed by atoms with Crippen molar-refractivity contribution in [2.24, 2.45) is 5.92 Å². The number of piperidine rings is 1. The molecule has 1 spiro atoms. The summed E-state index contributed by atoms with van der Waals surface area (Å²) in [5, 5.41) is 3.12. The number of hydrogen-bond acceptors (Lipinski definition) is 5. The molecule has 0 aromatic heterocycles. The molecule has 3 aliphatic heterocycles. The van der Waals surface area contributed by atoms with E-state index in [1.54, 1.807) is 0 Å². The Morgan fingerprint density at radius 3 is 2.00 bits per heavy atom. The van der Waals surface area contributed by atoms with Crippen LogP contribution in [0, 0.1) is 5.92 Å². The molecule has 0 radical (unpaired) electrons. The fourth-order valence-corrected chi connectivity index (χ4v) is 6.00. The fraction of sp³-hybridized carbons (Fsp3) is 0.724. The zero-order valence-corrected chi connectivity index (χ0v) is 23.0. The molecule has 1 N–H and O–H groups in total.